The number of nitrogens with zero attached hydrogens (tertiary/aromatic N) is 1. The number of benzene rings is 2. The molecular formula is C33H55N3O4S. The van der Waals surface area contributed by atoms with Crippen molar-refractivity contribution in [2.45, 2.75) is 115 Å². The first-order chi connectivity index (χ1) is 19.3. The number of quaternary nitrogens is 1. The molecule has 7 nitrogen and oxygen atoms in total. The SMILES string of the molecule is CCCCCCCCCCCCC(C)(C)[N+](C)(N)CCCNC(=O)c1ccccc1.Cc1ccc(S(=O)(=O)[O-])cc1. The van der Waals surface area contributed by atoms with E-state index in [1.165, 1.54) is 76.3 Å². The van der Waals surface area contributed by atoms with Gasteiger partial charge >= 0.3 is 0 Å². The molecular weight excluding hydrogens is 534 g/mol. The van der Waals surface area contributed by atoms with Crippen molar-refractivity contribution in [2.24, 2.45) is 5.84 Å². The first-order valence-electron chi connectivity index (χ1n) is 15.3. The van der Waals surface area contributed by atoms with Gasteiger partial charge in [0.25, 0.3) is 5.91 Å². The van der Waals surface area contributed by atoms with Crippen LogP contribution < -0.4 is 11.2 Å². The Hall–Kier alpha value is -2.26. The quantitative estimate of drug-likeness (QED) is 0.0632. The van der Waals surface area contributed by atoms with E-state index in [0.29, 0.717) is 16.7 Å². The maximum Gasteiger partial charge on any atom is 0.251 e. The molecule has 232 valence electrons. The van der Waals surface area contributed by atoms with Crippen LogP contribution in [0.4, 0.5) is 0 Å². The lowest BCUT2D eigenvalue weighted by molar-refractivity contribution is -0.967. The fourth-order valence-corrected chi connectivity index (χ4v) is 5.08. The van der Waals surface area contributed by atoms with E-state index >= 15 is 0 Å². The van der Waals surface area contributed by atoms with Gasteiger partial charge < -0.3 is 9.87 Å². The molecule has 0 saturated heterocycles. The number of nitrogens with two attached hydrogens (primary N) is 1. The summed E-state index contributed by atoms with van der Waals surface area (Å²) >= 11 is 0. The highest BCUT2D eigenvalue weighted by Crippen LogP contribution is 2.25. The van der Waals surface area contributed by atoms with E-state index in [4.69, 9.17) is 5.84 Å². The maximum atomic E-state index is 12.1. The normalized spacial score (nSPS) is 13.1. The second kappa shape index (κ2) is 19.0. The Labute approximate surface area is 250 Å². The van der Waals surface area contributed by atoms with Gasteiger partial charge in [-0.15, -0.1) is 0 Å². The fourth-order valence-electron chi connectivity index (χ4n) is 4.61. The van der Waals surface area contributed by atoms with Crippen molar-refractivity contribution < 1.29 is 22.4 Å². The Morgan fingerprint density at radius 3 is 1.88 bits per heavy atom. The third kappa shape index (κ3) is 15.5. The Balaban J connectivity index is 0.000000634. The van der Waals surface area contributed by atoms with Gasteiger partial charge in [0.05, 0.1) is 18.5 Å². The summed E-state index contributed by atoms with van der Waals surface area (Å²) in [6, 6.07) is 15.2. The molecule has 2 rings (SSSR count). The van der Waals surface area contributed by atoms with Crippen LogP contribution >= 0.6 is 0 Å². The summed E-state index contributed by atoms with van der Waals surface area (Å²) in [5, 5.41) is 3.01. The molecule has 0 bridgehead atoms. The molecule has 0 fully saturated rings. The van der Waals surface area contributed by atoms with E-state index in [0.717, 1.165) is 24.9 Å². The van der Waals surface area contributed by atoms with Crippen LogP contribution in [0.3, 0.4) is 0 Å². The van der Waals surface area contributed by atoms with E-state index in [-0.39, 0.29) is 16.3 Å². The zero-order chi connectivity index (χ0) is 30.8. The Morgan fingerprint density at radius 2 is 1.37 bits per heavy atom. The average Bonchev–Trinajstić information content (AvgIpc) is 2.92. The second-order valence-corrected chi connectivity index (χ2v) is 13.4. The number of carbonyl (C=O) groups excluding carboxylic acids is 1. The van der Waals surface area contributed by atoms with Gasteiger partial charge in [-0.1, -0.05) is 101 Å². The van der Waals surface area contributed by atoms with Crippen LogP contribution in [-0.4, -0.2) is 49.1 Å². The molecule has 1 unspecified atom stereocenters. The van der Waals surface area contributed by atoms with Gasteiger partial charge in [-0.3, -0.25) is 4.79 Å². The standard InChI is InChI=1S/C26H47N3O.C7H8O3S/c1-5-6-7-8-9-10-11-12-13-17-21-26(2,3)29(4,27)23-18-22-28-25(30)24-19-15-14-16-20-24;1-6-2-4-7(5-3-6)11(8,9)10/h14-16,19-20H,5-13,17-18,21-23,27H2,1-4H3;2-5H,1H3,(H,8,9,10). The molecule has 0 radical (unpaired) electrons. The van der Waals surface area contributed by atoms with Gasteiger partial charge in [0.15, 0.2) is 0 Å². The Kier molecular flexibility index (Phi) is 17.1. The summed E-state index contributed by atoms with van der Waals surface area (Å²) in [4.78, 5) is 12.0. The molecule has 3 N–H and O–H groups in total. The van der Waals surface area contributed by atoms with E-state index in [1.54, 1.807) is 12.1 Å². The lowest BCUT2D eigenvalue weighted by atomic mass is 9.93. The van der Waals surface area contributed by atoms with Crippen LogP contribution in [-0.2, 0) is 10.1 Å². The molecule has 1 amide bonds. The van der Waals surface area contributed by atoms with Gasteiger partial charge in [-0.2, -0.15) is 5.84 Å². The van der Waals surface area contributed by atoms with Crippen molar-refractivity contribution in [2.75, 3.05) is 20.1 Å². The molecule has 2 aromatic carbocycles. The van der Waals surface area contributed by atoms with Crippen molar-refractivity contribution in [3.63, 3.8) is 0 Å². The van der Waals surface area contributed by atoms with E-state index in [2.05, 4.69) is 33.1 Å². The van der Waals surface area contributed by atoms with Crippen LogP contribution in [0.15, 0.2) is 59.5 Å². The molecule has 0 saturated carbocycles. The smallest absolute Gasteiger partial charge is 0.251 e. The molecule has 0 spiro atoms. The minimum absolute atomic E-state index is 0.00792. The number of amides is 1. The number of hydrogen-bond acceptors (Lipinski definition) is 5. The van der Waals surface area contributed by atoms with Gasteiger partial charge in [-0.25, -0.2) is 13.0 Å². The maximum absolute atomic E-state index is 12.1. The highest BCUT2D eigenvalue weighted by atomic mass is 32.2. The van der Waals surface area contributed by atoms with Crippen LogP contribution in [0.1, 0.15) is 114 Å². The van der Waals surface area contributed by atoms with Crippen LogP contribution in [0.2, 0.25) is 0 Å². The van der Waals surface area contributed by atoms with Crippen LogP contribution in [0.25, 0.3) is 0 Å². The number of hydrogen-bond donors (Lipinski definition) is 2. The van der Waals surface area contributed by atoms with E-state index in [1.807, 2.05) is 37.3 Å². The van der Waals surface area contributed by atoms with Crippen molar-refractivity contribution in [3.8, 4) is 0 Å². The predicted octanol–water partition coefficient (Wildman–Crippen LogP) is 7.12. The number of aryl methyl sites for hydroxylation is 1. The molecule has 0 aliphatic carbocycles. The number of nitrogens with one attached hydrogen (secondary N) is 1. The third-order valence-electron chi connectivity index (χ3n) is 7.96. The third-order valence-corrected chi connectivity index (χ3v) is 8.81. The summed E-state index contributed by atoms with van der Waals surface area (Å²) in [6.45, 7) is 10.2. The highest BCUT2D eigenvalue weighted by molar-refractivity contribution is 7.85. The monoisotopic (exact) mass is 589 g/mol. The minimum Gasteiger partial charge on any atom is -0.744 e. The molecule has 0 aliphatic heterocycles. The van der Waals surface area contributed by atoms with Gasteiger partial charge in [-0.05, 0) is 51.5 Å². The summed E-state index contributed by atoms with van der Waals surface area (Å²) in [6.07, 6.45) is 15.7. The number of rotatable bonds is 18. The molecule has 41 heavy (non-hydrogen) atoms. The summed E-state index contributed by atoms with van der Waals surface area (Å²) < 4.78 is 31.7. The zero-order valence-electron chi connectivity index (χ0n) is 26.2. The molecule has 8 heteroatoms. The van der Waals surface area contributed by atoms with E-state index in [9.17, 15) is 17.8 Å². The molecule has 0 aromatic heterocycles. The van der Waals surface area contributed by atoms with Gasteiger partial charge in [0, 0.05) is 24.9 Å². The lowest BCUT2D eigenvalue weighted by Gasteiger charge is -2.43. The topological polar surface area (TPSA) is 112 Å². The first kappa shape index (κ1) is 36.8. The number of carbonyl (C=O) groups is 1. The van der Waals surface area contributed by atoms with Crippen molar-refractivity contribution in [3.05, 3.63) is 65.7 Å². The summed E-state index contributed by atoms with van der Waals surface area (Å²) in [7, 11) is -2.15. The van der Waals surface area contributed by atoms with Crippen molar-refractivity contribution in [1.82, 2.24) is 5.32 Å². The largest absolute Gasteiger partial charge is 0.744 e. The Bertz CT molecular complexity index is 1090. The zero-order valence-corrected chi connectivity index (χ0v) is 27.0. The molecule has 0 heterocycles. The predicted molar refractivity (Wildman–Crippen MR) is 168 cm³/mol. The summed E-state index contributed by atoms with van der Waals surface area (Å²) in [5.41, 5.74) is 1.69. The van der Waals surface area contributed by atoms with Gasteiger partial charge in [0.2, 0.25) is 0 Å². The second-order valence-electron chi connectivity index (χ2n) is 12.0. The number of unbranched alkanes of at least 4 members (excludes halogenated alkanes) is 9. The highest BCUT2D eigenvalue weighted by Gasteiger charge is 2.36. The van der Waals surface area contributed by atoms with Gasteiger partial charge in [0.1, 0.15) is 15.7 Å². The minimum atomic E-state index is -4.27. The Morgan fingerprint density at radius 1 is 0.854 bits per heavy atom. The molecule has 0 aliphatic rings. The van der Waals surface area contributed by atoms with Crippen molar-refractivity contribution in [1.29, 1.82) is 0 Å². The lowest BCUT2D eigenvalue weighted by Crippen LogP contribution is -2.64. The fraction of sp³-hybridized carbons (Fsp3) is 0.606. The molecule has 1 atom stereocenters. The van der Waals surface area contributed by atoms with Crippen molar-refractivity contribution >= 4 is 16.0 Å². The molecule has 2 aromatic rings. The summed E-state index contributed by atoms with van der Waals surface area (Å²) in [5.74, 6) is 6.66. The average molecular weight is 590 g/mol. The first-order valence-corrected chi connectivity index (χ1v) is 16.7. The van der Waals surface area contributed by atoms with E-state index < -0.39 is 10.1 Å². The van der Waals surface area contributed by atoms with Crippen LogP contribution in [0.5, 0.6) is 0 Å². The van der Waals surface area contributed by atoms with Crippen LogP contribution in [0, 0.1) is 6.92 Å².